The zero-order valence-corrected chi connectivity index (χ0v) is 10.1. The van der Waals surface area contributed by atoms with Gasteiger partial charge in [-0.1, -0.05) is 42.5 Å². The summed E-state index contributed by atoms with van der Waals surface area (Å²) in [5, 5.41) is 7.64. The van der Waals surface area contributed by atoms with Crippen LogP contribution >= 0.6 is 0 Å². The molecule has 3 N–H and O–H groups in total. The highest BCUT2D eigenvalue weighted by Gasteiger charge is 2.10. The molecule has 17 heavy (non-hydrogen) atoms. The van der Waals surface area contributed by atoms with Crippen molar-refractivity contribution in [3.05, 3.63) is 59.2 Å². The second kappa shape index (κ2) is 4.42. The number of benzene rings is 2. The third-order valence-electron chi connectivity index (χ3n) is 2.97. The summed E-state index contributed by atoms with van der Waals surface area (Å²) in [6, 6.07) is 14.0. The minimum atomic E-state index is 0.114. The summed E-state index contributed by atoms with van der Waals surface area (Å²) in [5.41, 5.74) is 11.1. The number of aryl methyl sites for hydroxylation is 2. The molecule has 86 valence electrons. The molecule has 2 nitrogen and oxygen atoms in total. The summed E-state index contributed by atoms with van der Waals surface area (Å²) < 4.78 is 0. The van der Waals surface area contributed by atoms with Crippen LogP contribution in [0.2, 0.25) is 0 Å². The van der Waals surface area contributed by atoms with E-state index in [0.29, 0.717) is 0 Å². The van der Waals surface area contributed by atoms with Crippen molar-refractivity contribution in [1.29, 1.82) is 5.41 Å². The van der Waals surface area contributed by atoms with E-state index in [0.717, 1.165) is 11.1 Å². The van der Waals surface area contributed by atoms with Gasteiger partial charge < -0.3 is 5.73 Å². The molecule has 0 spiro atoms. The molecular weight excluding hydrogens is 208 g/mol. The van der Waals surface area contributed by atoms with Gasteiger partial charge in [-0.05, 0) is 36.1 Å². The molecule has 2 heteroatoms. The van der Waals surface area contributed by atoms with Crippen molar-refractivity contribution in [2.75, 3.05) is 0 Å². The van der Waals surface area contributed by atoms with Gasteiger partial charge in [-0.3, -0.25) is 5.41 Å². The van der Waals surface area contributed by atoms with E-state index in [-0.39, 0.29) is 5.84 Å². The maximum atomic E-state index is 7.64. The Kier molecular flexibility index (Phi) is 2.96. The van der Waals surface area contributed by atoms with Crippen LogP contribution < -0.4 is 5.73 Å². The van der Waals surface area contributed by atoms with Crippen LogP contribution in [0.1, 0.15) is 16.7 Å². The molecule has 0 atom stereocenters. The number of nitrogens with one attached hydrogen (secondary N) is 1. The predicted octanol–water partition coefficient (Wildman–Crippen LogP) is 3.25. The molecule has 2 rings (SSSR count). The van der Waals surface area contributed by atoms with Crippen LogP contribution in [-0.4, -0.2) is 5.84 Å². The average molecular weight is 224 g/mol. The van der Waals surface area contributed by atoms with Crippen molar-refractivity contribution in [3.8, 4) is 11.1 Å². The molecule has 0 heterocycles. The predicted molar refractivity (Wildman–Crippen MR) is 72.4 cm³/mol. The summed E-state index contributed by atoms with van der Waals surface area (Å²) in [6.45, 7) is 4.17. The molecule has 0 unspecified atom stereocenters. The topological polar surface area (TPSA) is 49.9 Å². The first-order valence-electron chi connectivity index (χ1n) is 5.61. The zero-order valence-electron chi connectivity index (χ0n) is 10.1. The molecule has 0 bridgehead atoms. The highest BCUT2D eigenvalue weighted by molar-refractivity contribution is 6.02. The Morgan fingerprint density at radius 1 is 0.941 bits per heavy atom. The molecule has 0 saturated carbocycles. The SMILES string of the molecule is Cc1cccc(C)c1-c1ccccc1C(=N)N. The molecular formula is C15H16N2. The van der Waals surface area contributed by atoms with Crippen molar-refractivity contribution < 1.29 is 0 Å². The zero-order chi connectivity index (χ0) is 12.4. The summed E-state index contributed by atoms with van der Waals surface area (Å²) in [7, 11) is 0. The van der Waals surface area contributed by atoms with Crippen molar-refractivity contribution in [3.63, 3.8) is 0 Å². The minimum Gasteiger partial charge on any atom is -0.384 e. The Balaban J connectivity index is 2.73. The van der Waals surface area contributed by atoms with E-state index in [4.69, 9.17) is 11.1 Å². The number of hydrogen-bond donors (Lipinski definition) is 2. The molecule has 0 fully saturated rings. The molecule has 0 aliphatic heterocycles. The van der Waals surface area contributed by atoms with Crippen molar-refractivity contribution in [2.24, 2.45) is 5.73 Å². The van der Waals surface area contributed by atoms with Gasteiger partial charge in [0, 0.05) is 5.56 Å². The number of nitrogen functional groups attached to an aromatic ring is 1. The maximum absolute atomic E-state index is 7.64. The van der Waals surface area contributed by atoms with E-state index >= 15 is 0 Å². The summed E-state index contributed by atoms with van der Waals surface area (Å²) in [4.78, 5) is 0. The number of hydrogen-bond acceptors (Lipinski definition) is 1. The summed E-state index contributed by atoms with van der Waals surface area (Å²) in [6.07, 6.45) is 0. The molecule has 0 amide bonds. The van der Waals surface area contributed by atoms with Crippen LogP contribution in [0.15, 0.2) is 42.5 Å². The fourth-order valence-electron chi connectivity index (χ4n) is 2.18. The standard InChI is InChI=1S/C15H16N2/c1-10-6-5-7-11(2)14(10)12-8-3-4-9-13(12)15(16)17/h3-9H,1-2H3,(H3,16,17). The van der Waals surface area contributed by atoms with Gasteiger partial charge >= 0.3 is 0 Å². The maximum Gasteiger partial charge on any atom is 0.123 e. The van der Waals surface area contributed by atoms with Crippen molar-refractivity contribution >= 4 is 5.84 Å². The Morgan fingerprint density at radius 2 is 1.53 bits per heavy atom. The van der Waals surface area contributed by atoms with Gasteiger partial charge in [-0.2, -0.15) is 0 Å². The van der Waals surface area contributed by atoms with Gasteiger partial charge in [0.05, 0.1) is 0 Å². The lowest BCUT2D eigenvalue weighted by atomic mass is 9.92. The number of rotatable bonds is 2. The van der Waals surface area contributed by atoms with E-state index < -0.39 is 0 Å². The average Bonchev–Trinajstić information content (AvgIpc) is 2.29. The van der Waals surface area contributed by atoms with E-state index in [1.807, 2.05) is 30.3 Å². The molecule has 2 aromatic carbocycles. The highest BCUT2D eigenvalue weighted by Crippen LogP contribution is 2.29. The van der Waals surface area contributed by atoms with Crippen molar-refractivity contribution in [2.45, 2.75) is 13.8 Å². The second-order valence-electron chi connectivity index (χ2n) is 4.23. The van der Waals surface area contributed by atoms with Crippen molar-refractivity contribution in [1.82, 2.24) is 0 Å². The summed E-state index contributed by atoms with van der Waals surface area (Å²) in [5.74, 6) is 0.114. The lowest BCUT2D eigenvalue weighted by Gasteiger charge is -2.13. The molecule has 0 radical (unpaired) electrons. The van der Waals surface area contributed by atoms with Gasteiger partial charge in [0.2, 0.25) is 0 Å². The first-order valence-corrected chi connectivity index (χ1v) is 5.61. The Bertz CT molecular complexity index is 551. The van der Waals surface area contributed by atoms with Gasteiger partial charge in [0.25, 0.3) is 0 Å². The van der Waals surface area contributed by atoms with Crippen LogP contribution in [0, 0.1) is 19.3 Å². The van der Waals surface area contributed by atoms with Crippen LogP contribution in [0.5, 0.6) is 0 Å². The smallest absolute Gasteiger partial charge is 0.123 e. The third-order valence-corrected chi connectivity index (χ3v) is 2.97. The normalized spacial score (nSPS) is 10.2. The quantitative estimate of drug-likeness (QED) is 0.597. The number of amidine groups is 1. The van der Waals surface area contributed by atoms with E-state index in [1.165, 1.54) is 16.7 Å². The van der Waals surface area contributed by atoms with Gasteiger partial charge in [-0.25, -0.2) is 0 Å². The lowest BCUT2D eigenvalue weighted by molar-refractivity contribution is 1.36. The Labute approximate surface area is 102 Å². The van der Waals surface area contributed by atoms with Gasteiger partial charge in [0.1, 0.15) is 5.84 Å². The van der Waals surface area contributed by atoms with Gasteiger partial charge in [-0.15, -0.1) is 0 Å². The first kappa shape index (κ1) is 11.4. The number of nitrogens with two attached hydrogens (primary N) is 1. The molecule has 2 aromatic rings. The fourth-order valence-corrected chi connectivity index (χ4v) is 2.18. The molecule has 0 aliphatic carbocycles. The summed E-state index contributed by atoms with van der Waals surface area (Å²) >= 11 is 0. The molecule has 0 saturated heterocycles. The third kappa shape index (κ3) is 2.07. The molecule has 0 aromatic heterocycles. The lowest BCUT2D eigenvalue weighted by Crippen LogP contribution is -2.12. The Morgan fingerprint density at radius 3 is 2.12 bits per heavy atom. The highest BCUT2D eigenvalue weighted by atomic mass is 14.7. The largest absolute Gasteiger partial charge is 0.384 e. The van der Waals surface area contributed by atoms with Crippen LogP contribution in [0.25, 0.3) is 11.1 Å². The Hall–Kier alpha value is -2.09. The van der Waals surface area contributed by atoms with Crippen LogP contribution in [0.4, 0.5) is 0 Å². The fraction of sp³-hybridized carbons (Fsp3) is 0.133. The minimum absolute atomic E-state index is 0.114. The first-order chi connectivity index (χ1) is 8.11. The second-order valence-corrected chi connectivity index (χ2v) is 4.23. The van der Waals surface area contributed by atoms with E-state index in [9.17, 15) is 0 Å². The molecule has 0 aliphatic rings. The van der Waals surface area contributed by atoms with E-state index in [1.54, 1.807) is 0 Å². The van der Waals surface area contributed by atoms with Crippen LogP contribution in [0.3, 0.4) is 0 Å². The van der Waals surface area contributed by atoms with Gasteiger partial charge in [0.15, 0.2) is 0 Å². The van der Waals surface area contributed by atoms with E-state index in [2.05, 4.69) is 26.0 Å². The van der Waals surface area contributed by atoms with Crippen LogP contribution in [-0.2, 0) is 0 Å². The monoisotopic (exact) mass is 224 g/mol.